The molecule has 0 spiro atoms. The Balaban J connectivity index is 1.44. The van der Waals surface area contributed by atoms with Gasteiger partial charge in [0.1, 0.15) is 5.78 Å². The number of carbonyl (C=O) groups is 1. The zero-order valence-corrected chi connectivity index (χ0v) is 17.6. The van der Waals surface area contributed by atoms with Gasteiger partial charge in [-0.15, -0.1) is 0 Å². The summed E-state index contributed by atoms with van der Waals surface area (Å²) in [7, 11) is 0. The monoisotopic (exact) mass is 406 g/mol. The number of rotatable bonds is 2. The number of carbonyl (C=O) groups excluding carboxylic acids is 1. The van der Waals surface area contributed by atoms with Crippen LogP contribution in [0.2, 0.25) is 0 Å². The van der Waals surface area contributed by atoms with Crippen molar-refractivity contribution in [2.75, 3.05) is 5.33 Å². The van der Waals surface area contributed by atoms with E-state index in [1.807, 2.05) is 0 Å². The van der Waals surface area contributed by atoms with Gasteiger partial charge in [-0.2, -0.15) is 0 Å². The van der Waals surface area contributed by atoms with Crippen LogP contribution < -0.4 is 0 Å². The smallest absolute Gasteiger partial charge is 0.147 e. The Morgan fingerprint density at radius 3 is 2.52 bits per heavy atom. The van der Waals surface area contributed by atoms with Gasteiger partial charge in [0, 0.05) is 5.92 Å². The summed E-state index contributed by atoms with van der Waals surface area (Å²) in [5, 5.41) is 0.577. The maximum absolute atomic E-state index is 12.8. The third-order valence-corrected chi connectivity index (χ3v) is 10.4. The summed E-state index contributed by atoms with van der Waals surface area (Å²) in [6.45, 7) is 5.01. The Labute approximate surface area is 162 Å². The highest BCUT2D eigenvalue weighted by Gasteiger charge is 2.65. The third kappa shape index (κ3) is 2.55. The molecule has 5 fully saturated rings. The lowest BCUT2D eigenvalue weighted by Gasteiger charge is -2.60. The Morgan fingerprint density at radius 2 is 1.72 bits per heavy atom. The fourth-order valence-corrected chi connectivity index (χ4v) is 9.11. The minimum Gasteiger partial charge on any atom is -0.298 e. The second-order valence-electron chi connectivity index (χ2n) is 10.9. The molecule has 140 valence electrons. The van der Waals surface area contributed by atoms with E-state index in [0.717, 1.165) is 47.3 Å². The zero-order valence-electron chi connectivity index (χ0n) is 16.1. The van der Waals surface area contributed by atoms with E-state index in [4.69, 9.17) is 0 Å². The van der Waals surface area contributed by atoms with Crippen LogP contribution in [0, 0.1) is 58.7 Å². The molecule has 0 heterocycles. The van der Waals surface area contributed by atoms with E-state index in [1.165, 1.54) is 57.8 Å². The van der Waals surface area contributed by atoms with Crippen LogP contribution in [0.15, 0.2) is 0 Å². The van der Waals surface area contributed by atoms with Crippen LogP contribution in [-0.4, -0.2) is 11.1 Å². The first-order chi connectivity index (χ1) is 12.0. The van der Waals surface area contributed by atoms with Crippen molar-refractivity contribution < 1.29 is 4.79 Å². The molecule has 0 N–H and O–H groups in total. The van der Waals surface area contributed by atoms with Gasteiger partial charge in [-0.3, -0.25) is 4.79 Å². The molecule has 2 heteroatoms. The SMILES string of the molecule is CC1CCC2C(CCC3C2CCC2(C)C(C(=O)CBr)CC4CC4C32)C1. The van der Waals surface area contributed by atoms with Crippen LogP contribution in [0.5, 0.6) is 0 Å². The summed E-state index contributed by atoms with van der Waals surface area (Å²) < 4.78 is 0. The Bertz CT molecular complexity index is 558. The molecular weight excluding hydrogens is 372 g/mol. The van der Waals surface area contributed by atoms with Crippen molar-refractivity contribution in [1.82, 2.24) is 0 Å². The normalized spacial score (nSPS) is 56.8. The molecule has 5 rings (SSSR count). The zero-order chi connectivity index (χ0) is 17.3. The summed E-state index contributed by atoms with van der Waals surface area (Å²) in [5.41, 5.74) is 0.318. The van der Waals surface area contributed by atoms with Crippen molar-refractivity contribution in [2.45, 2.75) is 71.6 Å². The van der Waals surface area contributed by atoms with Crippen LogP contribution in [0.4, 0.5) is 0 Å². The predicted octanol–water partition coefficient (Wildman–Crippen LogP) is 6.10. The molecule has 10 atom stereocenters. The number of ketones is 1. The number of fused-ring (bicyclic) bond motifs is 7. The highest BCUT2D eigenvalue weighted by molar-refractivity contribution is 9.09. The number of Topliss-reactive ketones (excluding diaryl/α,β-unsaturated/α-hetero) is 1. The second kappa shape index (κ2) is 6.08. The van der Waals surface area contributed by atoms with Gasteiger partial charge in [-0.05, 0) is 104 Å². The summed E-state index contributed by atoms with van der Waals surface area (Å²) in [6, 6.07) is 0. The number of hydrogen-bond acceptors (Lipinski definition) is 1. The van der Waals surface area contributed by atoms with Crippen molar-refractivity contribution in [3.63, 3.8) is 0 Å². The Kier molecular flexibility index (Phi) is 4.20. The van der Waals surface area contributed by atoms with Crippen LogP contribution in [-0.2, 0) is 4.79 Å². The van der Waals surface area contributed by atoms with E-state index in [2.05, 4.69) is 29.8 Å². The van der Waals surface area contributed by atoms with Gasteiger partial charge >= 0.3 is 0 Å². The van der Waals surface area contributed by atoms with Crippen molar-refractivity contribution in [3.8, 4) is 0 Å². The maximum atomic E-state index is 12.8. The maximum Gasteiger partial charge on any atom is 0.147 e. The van der Waals surface area contributed by atoms with Crippen molar-refractivity contribution in [3.05, 3.63) is 0 Å². The lowest BCUT2D eigenvalue weighted by molar-refractivity contribution is -0.143. The Hall–Kier alpha value is 0.150. The predicted molar refractivity (Wildman–Crippen MR) is 106 cm³/mol. The minimum atomic E-state index is 0.318. The molecule has 0 bridgehead atoms. The number of halogens is 1. The van der Waals surface area contributed by atoms with E-state index in [-0.39, 0.29) is 0 Å². The molecule has 10 unspecified atom stereocenters. The van der Waals surface area contributed by atoms with E-state index in [0.29, 0.717) is 22.4 Å². The second-order valence-corrected chi connectivity index (χ2v) is 11.4. The van der Waals surface area contributed by atoms with Crippen LogP contribution in [0.25, 0.3) is 0 Å². The highest BCUT2D eigenvalue weighted by Crippen LogP contribution is 2.70. The van der Waals surface area contributed by atoms with Crippen LogP contribution >= 0.6 is 15.9 Å². The average molecular weight is 407 g/mol. The Morgan fingerprint density at radius 1 is 0.920 bits per heavy atom. The molecule has 0 saturated heterocycles. The van der Waals surface area contributed by atoms with Gasteiger partial charge in [0.15, 0.2) is 0 Å². The van der Waals surface area contributed by atoms with Gasteiger partial charge in [-0.25, -0.2) is 0 Å². The van der Waals surface area contributed by atoms with Gasteiger partial charge in [0.25, 0.3) is 0 Å². The first-order valence-corrected chi connectivity index (χ1v) is 12.2. The third-order valence-electron chi connectivity index (χ3n) is 9.81. The molecule has 0 amide bonds. The number of alkyl halides is 1. The summed E-state index contributed by atoms with van der Waals surface area (Å²) in [4.78, 5) is 12.8. The fraction of sp³-hybridized carbons (Fsp3) is 0.957. The number of hydrogen-bond donors (Lipinski definition) is 0. The van der Waals surface area contributed by atoms with Gasteiger partial charge in [0.2, 0.25) is 0 Å². The molecule has 25 heavy (non-hydrogen) atoms. The molecule has 1 nitrogen and oxygen atoms in total. The fourth-order valence-electron chi connectivity index (χ4n) is 8.72. The topological polar surface area (TPSA) is 17.1 Å². The van der Waals surface area contributed by atoms with E-state index in [9.17, 15) is 4.79 Å². The molecule has 0 radical (unpaired) electrons. The molecule has 0 aromatic heterocycles. The first-order valence-electron chi connectivity index (χ1n) is 11.1. The lowest BCUT2D eigenvalue weighted by atomic mass is 9.44. The molecule has 0 aliphatic heterocycles. The van der Waals surface area contributed by atoms with Gasteiger partial charge in [-0.1, -0.05) is 36.2 Å². The molecule has 5 aliphatic rings. The standard InChI is InChI=1S/C23H35BrO/c1-13-3-5-16-14(9-13)4-6-18-17(16)7-8-23(2)20(21(25)12-24)11-15-10-19(15)22(18)23/h13-20,22H,3-12H2,1-2H3. The van der Waals surface area contributed by atoms with Crippen LogP contribution in [0.1, 0.15) is 71.6 Å². The summed E-state index contributed by atoms with van der Waals surface area (Å²) in [6.07, 6.45) is 12.9. The first kappa shape index (κ1) is 17.3. The summed E-state index contributed by atoms with van der Waals surface area (Å²) >= 11 is 3.50. The quantitative estimate of drug-likeness (QED) is 0.506. The van der Waals surface area contributed by atoms with Crippen molar-refractivity contribution in [1.29, 1.82) is 0 Å². The molecule has 5 saturated carbocycles. The average Bonchev–Trinajstić information content (AvgIpc) is 3.38. The van der Waals surface area contributed by atoms with Crippen molar-refractivity contribution >= 4 is 21.7 Å². The van der Waals surface area contributed by atoms with Crippen LogP contribution in [0.3, 0.4) is 0 Å². The van der Waals surface area contributed by atoms with E-state index < -0.39 is 0 Å². The molecule has 0 aromatic rings. The molecular formula is C23H35BrO. The highest BCUT2D eigenvalue weighted by atomic mass is 79.9. The van der Waals surface area contributed by atoms with E-state index in [1.54, 1.807) is 0 Å². The summed E-state index contributed by atoms with van der Waals surface area (Å²) in [5.74, 6) is 8.61. The lowest BCUT2D eigenvalue weighted by Crippen LogP contribution is -2.55. The van der Waals surface area contributed by atoms with Crippen molar-refractivity contribution in [2.24, 2.45) is 58.7 Å². The van der Waals surface area contributed by atoms with E-state index >= 15 is 0 Å². The molecule has 5 aliphatic carbocycles. The molecule has 0 aromatic carbocycles. The van der Waals surface area contributed by atoms with Gasteiger partial charge < -0.3 is 0 Å². The van der Waals surface area contributed by atoms with Gasteiger partial charge in [0.05, 0.1) is 5.33 Å². The minimum absolute atomic E-state index is 0.318. The largest absolute Gasteiger partial charge is 0.298 e.